The highest BCUT2D eigenvalue weighted by Crippen LogP contribution is 2.31. The van der Waals surface area contributed by atoms with Gasteiger partial charge >= 0.3 is 5.97 Å². The van der Waals surface area contributed by atoms with E-state index in [1.54, 1.807) is 11.8 Å². The first-order valence-electron chi connectivity index (χ1n) is 5.63. The average molecular weight is 247 g/mol. The molecule has 16 heavy (non-hydrogen) atoms. The molecule has 0 aromatic carbocycles. The third-order valence-corrected chi connectivity index (χ3v) is 4.68. The zero-order valence-corrected chi connectivity index (χ0v) is 10.8. The van der Waals surface area contributed by atoms with Crippen LogP contribution in [0, 0.1) is 5.92 Å². The maximum Gasteiger partial charge on any atom is 0.321 e. The molecule has 0 spiro atoms. The molecule has 0 aromatic heterocycles. The molecule has 0 unspecified atom stereocenters. The number of hydrogen-bond acceptors (Lipinski definition) is 4. The van der Waals surface area contributed by atoms with Crippen LogP contribution in [0.3, 0.4) is 0 Å². The Hall–Kier alpha value is -0.260. The van der Waals surface area contributed by atoms with Crippen molar-refractivity contribution in [3.05, 3.63) is 0 Å². The maximum atomic E-state index is 10.8. The molecule has 0 bridgehead atoms. The van der Waals surface area contributed by atoms with Crippen molar-refractivity contribution in [3.63, 3.8) is 0 Å². The minimum absolute atomic E-state index is 0.413. The highest BCUT2D eigenvalue weighted by molar-refractivity contribution is 8.00. The molecule has 1 aliphatic heterocycles. The van der Waals surface area contributed by atoms with Gasteiger partial charge in [0.25, 0.3) is 0 Å². The number of aliphatic carboxylic acids is 1. The van der Waals surface area contributed by atoms with Crippen LogP contribution >= 0.6 is 11.8 Å². The number of rotatable bonds is 5. The molecule has 94 valence electrons. The standard InChI is InChI=1S/C11H21NO3S/c1-11(2,9(12)10(13)14)16-7-8-3-5-15-6-4-8/h8-9H,3-7,12H2,1-2H3,(H,13,14)/t9-/m0/s1. The summed E-state index contributed by atoms with van der Waals surface area (Å²) >= 11 is 1.66. The van der Waals surface area contributed by atoms with E-state index in [-0.39, 0.29) is 0 Å². The van der Waals surface area contributed by atoms with Crippen LogP contribution in [-0.2, 0) is 9.53 Å². The average Bonchev–Trinajstić information content (AvgIpc) is 2.27. The molecule has 1 atom stereocenters. The zero-order valence-electron chi connectivity index (χ0n) is 9.94. The molecule has 1 aliphatic rings. The predicted molar refractivity (Wildman–Crippen MR) is 65.7 cm³/mol. The van der Waals surface area contributed by atoms with E-state index in [2.05, 4.69) is 0 Å². The van der Waals surface area contributed by atoms with Crippen LogP contribution in [-0.4, -0.2) is 40.8 Å². The summed E-state index contributed by atoms with van der Waals surface area (Å²) < 4.78 is 4.88. The Bertz CT molecular complexity index is 239. The van der Waals surface area contributed by atoms with Crippen LogP contribution in [0.5, 0.6) is 0 Å². The first kappa shape index (κ1) is 13.8. The molecule has 0 aromatic rings. The molecule has 0 aliphatic carbocycles. The third-order valence-electron chi connectivity index (χ3n) is 3.05. The van der Waals surface area contributed by atoms with E-state index in [9.17, 15) is 4.79 Å². The number of hydrogen-bond donors (Lipinski definition) is 2. The predicted octanol–water partition coefficient (Wildman–Crippen LogP) is 1.34. The van der Waals surface area contributed by atoms with Gasteiger partial charge in [-0.05, 0) is 38.4 Å². The highest BCUT2D eigenvalue weighted by Gasteiger charge is 2.33. The lowest BCUT2D eigenvalue weighted by atomic mass is 10.0. The van der Waals surface area contributed by atoms with Gasteiger partial charge in [-0.3, -0.25) is 4.79 Å². The van der Waals surface area contributed by atoms with E-state index in [0.29, 0.717) is 5.92 Å². The second-order valence-electron chi connectivity index (χ2n) is 4.79. The van der Waals surface area contributed by atoms with Gasteiger partial charge in [-0.15, -0.1) is 0 Å². The van der Waals surface area contributed by atoms with E-state index in [1.807, 2.05) is 13.8 Å². The van der Waals surface area contributed by atoms with Gasteiger partial charge in [-0.25, -0.2) is 0 Å². The van der Waals surface area contributed by atoms with Gasteiger partial charge in [0.2, 0.25) is 0 Å². The Balaban J connectivity index is 2.37. The lowest BCUT2D eigenvalue weighted by molar-refractivity contribution is -0.139. The summed E-state index contributed by atoms with van der Waals surface area (Å²) in [5.41, 5.74) is 5.66. The highest BCUT2D eigenvalue weighted by atomic mass is 32.2. The number of nitrogens with two attached hydrogens (primary N) is 1. The minimum Gasteiger partial charge on any atom is -0.480 e. The number of carboxylic acid groups (broad SMARTS) is 1. The smallest absolute Gasteiger partial charge is 0.321 e. The molecule has 1 saturated heterocycles. The van der Waals surface area contributed by atoms with Crippen molar-refractivity contribution in [2.24, 2.45) is 11.7 Å². The van der Waals surface area contributed by atoms with Crippen LogP contribution < -0.4 is 5.73 Å². The van der Waals surface area contributed by atoms with Gasteiger partial charge in [0, 0.05) is 18.0 Å². The third kappa shape index (κ3) is 3.96. The minimum atomic E-state index is -0.926. The molecule has 1 fully saturated rings. The Morgan fingerprint density at radius 3 is 2.62 bits per heavy atom. The molecule has 3 N–H and O–H groups in total. The van der Waals surface area contributed by atoms with Gasteiger partial charge < -0.3 is 15.6 Å². The first-order chi connectivity index (χ1) is 7.43. The van der Waals surface area contributed by atoms with Crippen molar-refractivity contribution < 1.29 is 14.6 Å². The maximum absolute atomic E-state index is 10.8. The van der Waals surface area contributed by atoms with Gasteiger partial charge in [0.05, 0.1) is 0 Å². The van der Waals surface area contributed by atoms with Crippen LogP contribution in [0.2, 0.25) is 0 Å². The van der Waals surface area contributed by atoms with E-state index in [4.69, 9.17) is 15.6 Å². The summed E-state index contributed by atoms with van der Waals surface area (Å²) in [5, 5.41) is 8.90. The Labute approximate surface area is 101 Å². The molecular formula is C11H21NO3S. The number of thioether (sulfide) groups is 1. The summed E-state index contributed by atoms with van der Waals surface area (Å²) in [6.07, 6.45) is 2.15. The van der Waals surface area contributed by atoms with Crippen molar-refractivity contribution in [3.8, 4) is 0 Å². The summed E-state index contributed by atoms with van der Waals surface area (Å²) in [5.74, 6) is 0.681. The van der Waals surface area contributed by atoms with Crippen molar-refractivity contribution >= 4 is 17.7 Å². The zero-order chi connectivity index (χ0) is 12.2. The van der Waals surface area contributed by atoms with E-state index in [1.165, 1.54) is 0 Å². The Morgan fingerprint density at radius 2 is 2.12 bits per heavy atom. The molecule has 0 saturated carbocycles. The molecule has 0 amide bonds. The summed E-state index contributed by atoms with van der Waals surface area (Å²) in [7, 11) is 0. The van der Waals surface area contributed by atoms with Crippen molar-refractivity contribution in [2.45, 2.75) is 37.5 Å². The van der Waals surface area contributed by atoms with E-state index >= 15 is 0 Å². The largest absolute Gasteiger partial charge is 0.480 e. The van der Waals surface area contributed by atoms with Crippen LogP contribution in [0.4, 0.5) is 0 Å². The lowest BCUT2D eigenvalue weighted by Gasteiger charge is -2.31. The van der Waals surface area contributed by atoms with Gasteiger partial charge in [0.15, 0.2) is 0 Å². The van der Waals surface area contributed by atoms with Crippen LogP contribution in [0.25, 0.3) is 0 Å². The molecule has 1 heterocycles. The first-order valence-corrected chi connectivity index (χ1v) is 6.62. The quantitative estimate of drug-likeness (QED) is 0.767. The van der Waals surface area contributed by atoms with E-state index < -0.39 is 16.8 Å². The molecule has 5 heteroatoms. The Kier molecular flexibility index (Phi) is 5.08. The fraction of sp³-hybridized carbons (Fsp3) is 0.909. The summed E-state index contributed by atoms with van der Waals surface area (Å²) in [6.45, 7) is 5.46. The number of ether oxygens (including phenoxy) is 1. The van der Waals surface area contributed by atoms with Crippen LogP contribution in [0.1, 0.15) is 26.7 Å². The normalized spacial score (nSPS) is 20.7. The number of carbonyl (C=O) groups is 1. The van der Waals surface area contributed by atoms with Crippen molar-refractivity contribution in [2.75, 3.05) is 19.0 Å². The number of carboxylic acids is 1. The molecular weight excluding hydrogens is 226 g/mol. The fourth-order valence-electron chi connectivity index (χ4n) is 1.63. The van der Waals surface area contributed by atoms with Gasteiger partial charge in [0.1, 0.15) is 6.04 Å². The van der Waals surface area contributed by atoms with Crippen molar-refractivity contribution in [1.82, 2.24) is 0 Å². The molecule has 1 rings (SSSR count). The fourth-order valence-corrected chi connectivity index (χ4v) is 2.91. The lowest BCUT2D eigenvalue weighted by Crippen LogP contribution is -2.47. The molecule has 0 radical (unpaired) electrons. The van der Waals surface area contributed by atoms with Gasteiger partial charge in [-0.1, -0.05) is 0 Å². The SMILES string of the molecule is CC(C)(SCC1CCOCC1)[C@@H](N)C(=O)O. The van der Waals surface area contributed by atoms with E-state index in [0.717, 1.165) is 31.8 Å². The summed E-state index contributed by atoms with van der Waals surface area (Å²) in [6, 6.07) is -0.808. The second kappa shape index (κ2) is 5.89. The Morgan fingerprint density at radius 1 is 1.56 bits per heavy atom. The topological polar surface area (TPSA) is 72.5 Å². The van der Waals surface area contributed by atoms with Gasteiger partial charge in [-0.2, -0.15) is 11.8 Å². The van der Waals surface area contributed by atoms with Crippen LogP contribution in [0.15, 0.2) is 0 Å². The second-order valence-corrected chi connectivity index (χ2v) is 6.46. The van der Waals surface area contributed by atoms with Crippen molar-refractivity contribution in [1.29, 1.82) is 0 Å². The molecule has 4 nitrogen and oxygen atoms in total. The summed E-state index contributed by atoms with van der Waals surface area (Å²) in [4.78, 5) is 10.8. The monoisotopic (exact) mass is 247 g/mol.